The largest absolute Gasteiger partial charge is 0.379 e. The van der Waals surface area contributed by atoms with Crippen molar-refractivity contribution < 1.29 is 9.26 Å². The smallest absolute Gasteiger partial charge is 0.259 e. The van der Waals surface area contributed by atoms with E-state index in [1.54, 1.807) is 18.2 Å². The summed E-state index contributed by atoms with van der Waals surface area (Å²) in [5.74, 6) is 0.703. The van der Waals surface area contributed by atoms with Crippen LogP contribution < -0.4 is 5.73 Å². The van der Waals surface area contributed by atoms with Crippen LogP contribution in [-0.2, 0) is 4.74 Å². The predicted octanol–water partition coefficient (Wildman–Crippen LogP) is 3.47. The fourth-order valence-electron chi connectivity index (χ4n) is 1.59. The topological polar surface area (TPSA) is 74.2 Å². The zero-order valence-corrected chi connectivity index (χ0v) is 12.5. The molecule has 108 valence electrons. The summed E-state index contributed by atoms with van der Waals surface area (Å²) in [6, 6.07) is 4.62. The quantitative estimate of drug-likeness (QED) is 0.826. The van der Waals surface area contributed by atoms with E-state index < -0.39 is 6.04 Å². The Morgan fingerprint density at radius 1 is 1.40 bits per heavy atom. The van der Waals surface area contributed by atoms with Gasteiger partial charge < -0.3 is 15.0 Å². The van der Waals surface area contributed by atoms with Gasteiger partial charge in [-0.1, -0.05) is 35.3 Å². The Balaban J connectivity index is 2.12. The Morgan fingerprint density at radius 3 is 2.90 bits per heavy atom. The van der Waals surface area contributed by atoms with Crippen molar-refractivity contribution in [3.63, 3.8) is 0 Å². The molecule has 1 aromatic carbocycles. The Hall–Kier alpha value is -1.14. The summed E-state index contributed by atoms with van der Waals surface area (Å²) in [4.78, 5) is 4.24. The third kappa shape index (κ3) is 3.70. The second kappa shape index (κ2) is 7.04. The first-order chi connectivity index (χ1) is 9.61. The van der Waals surface area contributed by atoms with E-state index in [2.05, 4.69) is 10.1 Å². The zero-order chi connectivity index (χ0) is 14.5. The number of hydrogen-bond donors (Lipinski definition) is 1. The van der Waals surface area contributed by atoms with Gasteiger partial charge in [0.05, 0.1) is 23.2 Å². The fourth-order valence-corrected chi connectivity index (χ4v) is 2.08. The van der Waals surface area contributed by atoms with E-state index in [1.165, 1.54) is 0 Å². The Morgan fingerprint density at radius 2 is 2.20 bits per heavy atom. The minimum absolute atomic E-state index is 0.313. The third-order valence-corrected chi connectivity index (χ3v) is 3.13. The number of benzene rings is 1. The summed E-state index contributed by atoms with van der Waals surface area (Å²) in [7, 11) is 0. The number of hydrogen-bond acceptors (Lipinski definition) is 5. The molecule has 2 aromatic rings. The van der Waals surface area contributed by atoms with Crippen LogP contribution >= 0.6 is 23.2 Å². The minimum Gasteiger partial charge on any atom is -0.379 e. The van der Waals surface area contributed by atoms with E-state index >= 15 is 0 Å². The van der Waals surface area contributed by atoms with Crippen molar-refractivity contribution in [3.05, 3.63) is 34.1 Å². The fraction of sp³-hybridized carbons (Fsp3) is 0.385. The van der Waals surface area contributed by atoms with Crippen LogP contribution in [-0.4, -0.2) is 23.4 Å². The normalized spacial score (nSPS) is 12.6. The lowest BCUT2D eigenvalue weighted by atomic mass is 10.2. The number of halogens is 2. The molecule has 0 radical (unpaired) electrons. The van der Waals surface area contributed by atoms with Gasteiger partial charge in [0.2, 0.25) is 0 Å². The minimum atomic E-state index is -0.426. The van der Waals surface area contributed by atoms with Gasteiger partial charge in [-0.2, -0.15) is 4.98 Å². The van der Waals surface area contributed by atoms with Gasteiger partial charge in [0.25, 0.3) is 5.89 Å². The van der Waals surface area contributed by atoms with Gasteiger partial charge >= 0.3 is 0 Å². The van der Waals surface area contributed by atoms with E-state index in [9.17, 15) is 0 Å². The highest BCUT2D eigenvalue weighted by atomic mass is 35.5. The van der Waals surface area contributed by atoms with E-state index in [1.807, 2.05) is 6.92 Å². The molecule has 0 saturated heterocycles. The molecule has 0 spiro atoms. The van der Waals surface area contributed by atoms with Crippen LogP contribution in [0.3, 0.4) is 0 Å². The molecule has 0 saturated carbocycles. The van der Waals surface area contributed by atoms with Gasteiger partial charge in [0.1, 0.15) is 0 Å². The number of rotatable bonds is 6. The second-order valence-corrected chi connectivity index (χ2v) is 5.11. The number of aromatic nitrogens is 2. The molecule has 1 aromatic heterocycles. The summed E-state index contributed by atoms with van der Waals surface area (Å²) >= 11 is 11.9. The highest BCUT2D eigenvalue weighted by Crippen LogP contribution is 2.29. The summed E-state index contributed by atoms with van der Waals surface area (Å²) in [6.45, 7) is 3.03. The molecule has 0 aliphatic rings. The van der Waals surface area contributed by atoms with Gasteiger partial charge in [0.15, 0.2) is 5.82 Å². The van der Waals surface area contributed by atoms with Crippen LogP contribution in [0.1, 0.15) is 25.2 Å². The first-order valence-electron chi connectivity index (χ1n) is 6.24. The molecular weight excluding hydrogens is 301 g/mol. The molecule has 5 nitrogen and oxygen atoms in total. The molecule has 1 heterocycles. The zero-order valence-electron chi connectivity index (χ0n) is 11.0. The molecular formula is C13H15Cl2N3O2. The van der Waals surface area contributed by atoms with Crippen molar-refractivity contribution in [2.45, 2.75) is 19.4 Å². The van der Waals surface area contributed by atoms with Gasteiger partial charge in [-0.05, 0) is 24.6 Å². The SMILES string of the molecule is CCCOCC(N)c1noc(-c2ccc(Cl)cc2Cl)n1. The van der Waals surface area contributed by atoms with Crippen LogP contribution in [0.25, 0.3) is 11.5 Å². The maximum Gasteiger partial charge on any atom is 0.259 e. The lowest BCUT2D eigenvalue weighted by Crippen LogP contribution is -2.18. The molecule has 2 rings (SSSR count). The predicted molar refractivity (Wildman–Crippen MR) is 77.8 cm³/mol. The Labute approximate surface area is 127 Å². The maximum absolute atomic E-state index is 6.09. The number of ether oxygens (including phenoxy) is 1. The van der Waals surface area contributed by atoms with Crippen LogP contribution in [0.5, 0.6) is 0 Å². The molecule has 0 aliphatic carbocycles. The standard InChI is InChI=1S/C13H15Cl2N3O2/c1-2-5-19-7-11(16)12-17-13(20-18-12)9-4-3-8(14)6-10(9)15/h3-4,6,11H,2,5,7,16H2,1H3. The van der Waals surface area contributed by atoms with Gasteiger partial charge in [0, 0.05) is 11.6 Å². The average Bonchev–Trinajstić information content (AvgIpc) is 2.88. The molecule has 0 aliphatic heterocycles. The summed E-state index contributed by atoms with van der Waals surface area (Å²) < 4.78 is 10.5. The Bertz CT molecular complexity index is 574. The molecule has 1 atom stereocenters. The van der Waals surface area contributed by atoms with Crippen LogP contribution in [0.15, 0.2) is 22.7 Å². The molecule has 7 heteroatoms. The molecule has 2 N–H and O–H groups in total. The highest BCUT2D eigenvalue weighted by molar-refractivity contribution is 6.36. The molecule has 0 amide bonds. The molecule has 1 unspecified atom stereocenters. The monoisotopic (exact) mass is 315 g/mol. The lowest BCUT2D eigenvalue weighted by Gasteiger charge is -2.06. The van der Waals surface area contributed by atoms with Crippen LogP contribution in [0.4, 0.5) is 0 Å². The van der Waals surface area contributed by atoms with E-state index in [0.717, 1.165) is 6.42 Å². The van der Waals surface area contributed by atoms with Crippen molar-refractivity contribution in [1.82, 2.24) is 10.1 Å². The first kappa shape index (κ1) is 15.3. The first-order valence-corrected chi connectivity index (χ1v) is 6.99. The molecule has 0 bridgehead atoms. The van der Waals surface area contributed by atoms with Crippen molar-refractivity contribution in [1.29, 1.82) is 0 Å². The second-order valence-electron chi connectivity index (χ2n) is 4.26. The van der Waals surface area contributed by atoms with E-state index in [4.69, 9.17) is 38.2 Å². The van der Waals surface area contributed by atoms with Crippen LogP contribution in [0.2, 0.25) is 10.0 Å². The Kier molecular flexibility index (Phi) is 5.37. The lowest BCUT2D eigenvalue weighted by molar-refractivity contribution is 0.119. The van der Waals surface area contributed by atoms with E-state index in [0.29, 0.717) is 40.5 Å². The molecule has 0 fully saturated rings. The van der Waals surface area contributed by atoms with E-state index in [-0.39, 0.29) is 0 Å². The van der Waals surface area contributed by atoms with Crippen LogP contribution in [0, 0.1) is 0 Å². The summed E-state index contributed by atoms with van der Waals surface area (Å²) in [5, 5.41) is 4.84. The van der Waals surface area contributed by atoms with Crippen molar-refractivity contribution in [2.75, 3.05) is 13.2 Å². The van der Waals surface area contributed by atoms with Crippen molar-refractivity contribution in [2.24, 2.45) is 5.73 Å². The summed E-state index contributed by atoms with van der Waals surface area (Å²) in [6.07, 6.45) is 0.935. The third-order valence-electron chi connectivity index (χ3n) is 2.58. The van der Waals surface area contributed by atoms with Crippen molar-refractivity contribution in [3.8, 4) is 11.5 Å². The summed E-state index contributed by atoms with van der Waals surface area (Å²) in [5.41, 5.74) is 6.55. The maximum atomic E-state index is 6.09. The number of nitrogens with two attached hydrogens (primary N) is 1. The number of nitrogens with zero attached hydrogens (tertiary/aromatic N) is 2. The highest BCUT2D eigenvalue weighted by Gasteiger charge is 2.17. The van der Waals surface area contributed by atoms with Gasteiger partial charge in [-0.15, -0.1) is 0 Å². The van der Waals surface area contributed by atoms with Crippen molar-refractivity contribution >= 4 is 23.2 Å². The van der Waals surface area contributed by atoms with Gasteiger partial charge in [-0.3, -0.25) is 0 Å². The van der Waals surface area contributed by atoms with Gasteiger partial charge in [-0.25, -0.2) is 0 Å². The average molecular weight is 316 g/mol. The molecule has 20 heavy (non-hydrogen) atoms.